The maximum absolute atomic E-state index is 12.2. The topological polar surface area (TPSA) is 67.4 Å². The van der Waals surface area contributed by atoms with Gasteiger partial charge in [0.1, 0.15) is 5.75 Å². The molecule has 2 aromatic rings. The summed E-state index contributed by atoms with van der Waals surface area (Å²) >= 11 is 1.51. The van der Waals surface area contributed by atoms with Crippen molar-refractivity contribution in [3.05, 3.63) is 51.2 Å². The number of benzene rings is 1. The van der Waals surface area contributed by atoms with Crippen molar-refractivity contribution in [2.45, 2.75) is 33.1 Å². The summed E-state index contributed by atoms with van der Waals surface area (Å²) in [7, 11) is 0. The van der Waals surface area contributed by atoms with E-state index in [1.54, 1.807) is 6.07 Å². The Kier molecular flexibility index (Phi) is 5.38. The number of fused-ring (bicyclic) bond motifs is 1. The molecule has 1 aliphatic carbocycles. The van der Waals surface area contributed by atoms with Gasteiger partial charge in [-0.25, -0.2) is 0 Å². The Labute approximate surface area is 151 Å². The molecule has 1 aromatic heterocycles. The average molecular weight is 358 g/mol. The van der Waals surface area contributed by atoms with Crippen molar-refractivity contribution in [1.82, 2.24) is 10.9 Å². The van der Waals surface area contributed by atoms with Crippen LogP contribution in [0.1, 0.15) is 39.0 Å². The zero-order valence-corrected chi connectivity index (χ0v) is 15.2. The Morgan fingerprint density at radius 2 is 2.08 bits per heavy atom. The lowest BCUT2D eigenvalue weighted by atomic mass is 9.90. The van der Waals surface area contributed by atoms with E-state index < -0.39 is 5.91 Å². The molecular weight excluding hydrogens is 336 g/mol. The van der Waals surface area contributed by atoms with Gasteiger partial charge in [0.2, 0.25) is 0 Å². The lowest BCUT2D eigenvalue weighted by Gasteiger charge is -2.16. The van der Waals surface area contributed by atoms with Gasteiger partial charge in [0, 0.05) is 4.88 Å². The molecule has 0 saturated heterocycles. The highest BCUT2D eigenvalue weighted by Crippen LogP contribution is 2.32. The highest BCUT2D eigenvalue weighted by molar-refractivity contribution is 7.14. The fraction of sp³-hybridized carbons (Fsp3) is 0.368. The molecule has 0 fully saturated rings. The SMILES string of the molecule is Cc1ccccc1OCC(=O)NNC(=O)c1cc2c(s1)CC[C@H](C)C2. The van der Waals surface area contributed by atoms with Gasteiger partial charge in [0.25, 0.3) is 11.8 Å². The molecule has 2 N–H and O–H groups in total. The Hall–Kier alpha value is -2.34. The van der Waals surface area contributed by atoms with Gasteiger partial charge in [-0.05, 0) is 55.4 Å². The van der Waals surface area contributed by atoms with Crippen LogP contribution >= 0.6 is 11.3 Å². The Balaban J connectivity index is 1.49. The van der Waals surface area contributed by atoms with Crippen LogP contribution in [-0.2, 0) is 17.6 Å². The maximum Gasteiger partial charge on any atom is 0.279 e. The molecule has 6 heteroatoms. The molecule has 1 aliphatic rings. The van der Waals surface area contributed by atoms with Crippen LogP contribution in [0.4, 0.5) is 0 Å². The minimum atomic E-state index is -0.397. The molecule has 0 radical (unpaired) electrons. The van der Waals surface area contributed by atoms with E-state index in [1.807, 2.05) is 31.2 Å². The molecule has 3 rings (SSSR count). The zero-order valence-electron chi connectivity index (χ0n) is 14.4. The molecule has 0 unspecified atom stereocenters. The summed E-state index contributed by atoms with van der Waals surface area (Å²) in [6, 6.07) is 9.42. The number of carbonyl (C=O) groups excluding carboxylic acids is 2. The Bertz CT molecular complexity index is 785. The number of amides is 2. The molecule has 5 nitrogen and oxygen atoms in total. The predicted octanol–water partition coefficient (Wildman–Crippen LogP) is 3.02. The number of rotatable bonds is 4. The minimum Gasteiger partial charge on any atom is -0.483 e. The molecule has 132 valence electrons. The van der Waals surface area contributed by atoms with E-state index in [2.05, 4.69) is 17.8 Å². The van der Waals surface area contributed by atoms with E-state index in [4.69, 9.17) is 4.74 Å². The fourth-order valence-corrected chi connectivity index (χ4v) is 4.01. The fourth-order valence-electron chi connectivity index (χ4n) is 2.90. The van der Waals surface area contributed by atoms with Gasteiger partial charge in [0.15, 0.2) is 6.61 Å². The second kappa shape index (κ2) is 7.70. The monoisotopic (exact) mass is 358 g/mol. The third-order valence-corrected chi connectivity index (χ3v) is 5.56. The van der Waals surface area contributed by atoms with Crippen LogP contribution in [0.3, 0.4) is 0 Å². The number of hydrazine groups is 1. The molecule has 0 aliphatic heterocycles. The number of nitrogens with one attached hydrogen (secondary N) is 2. The molecule has 25 heavy (non-hydrogen) atoms. The predicted molar refractivity (Wildman–Crippen MR) is 97.8 cm³/mol. The third-order valence-electron chi connectivity index (χ3n) is 4.32. The van der Waals surface area contributed by atoms with Crippen LogP contribution in [0.15, 0.2) is 30.3 Å². The normalized spacial score (nSPS) is 16.0. The summed E-state index contributed by atoms with van der Waals surface area (Å²) in [6.45, 7) is 3.99. The van der Waals surface area contributed by atoms with Gasteiger partial charge in [-0.3, -0.25) is 20.4 Å². The van der Waals surface area contributed by atoms with Crippen molar-refractivity contribution in [2.24, 2.45) is 5.92 Å². The number of hydrogen-bond donors (Lipinski definition) is 2. The molecule has 0 bridgehead atoms. The van der Waals surface area contributed by atoms with E-state index in [9.17, 15) is 9.59 Å². The number of carbonyl (C=O) groups is 2. The Morgan fingerprint density at radius 3 is 2.88 bits per heavy atom. The highest BCUT2D eigenvalue weighted by atomic mass is 32.1. The van der Waals surface area contributed by atoms with E-state index in [0.717, 1.165) is 18.4 Å². The molecule has 1 atom stereocenters. The quantitative estimate of drug-likeness (QED) is 0.826. The average Bonchev–Trinajstić information content (AvgIpc) is 3.02. The van der Waals surface area contributed by atoms with Crippen LogP contribution in [-0.4, -0.2) is 18.4 Å². The van der Waals surface area contributed by atoms with Gasteiger partial charge in [-0.1, -0.05) is 25.1 Å². The van der Waals surface area contributed by atoms with Gasteiger partial charge in [0.05, 0.1) is 4.88 Å². The summed E-state index contributed by atoms with van der Waals surface area (Å²) in [5.41, 5.74) is 7.09. The number of thiophene rings is 1. The molecule has 0 saturated carbocycles. The van der Waals surface area contributed by atoms with Crippen LogP contribution in [0, 0.1) is 12.8 Å². The second-order valence-electron chi connectivity index (χ2n) is 6.46. The van der Waals surface area contributed by atoms with E-state index >= 15 is 0 Å². The lowest BCUT2D eigenvalue weighted by molar-refractivity contribution is -0.123. The van der Waals surface area contributed by atoms with Gasteiger partial charge in [-0.15, -0.1) is 11.3 Å². The van der Waals surface area contributed by atoms with E-state index in [-0.39, 0.29) is 12.5 Å². The molecule has 1 heterocycles. The van der Waals surface area contributed by atoms with E-state index in [1.165, 1.54) is 28.2 Å². The van der Waals surface area contributed by atoms with E-state index in [0.29, 0.717) is 16.5 Å². The maximum atomic E-state index is 12.2. The summed E-state index contributed by atoms with van der Waals surface area (Å²) in [5, 5.41) is 0. The van der Waals surface area contributed by atoms with Crippen LogP contribution in [0.25, 0.3) is 0 Å². The number of hydrogen-bond acceptors (Lipinski definition) is 4. The molecular formula is C19H22N2O3S. The summed E-state index contributed by atoms with van der Waals surface area (Å²) in [5.74, 6) is 0.642. The van der Waals surface area contributed by atoms with Crippen LogP contribution in [0.2, 0.25) is 0 Å². The minimum absolute atomic E-state index is 0.149. The van der Waals surface area contributed by atoms with Crippen molar-refractivity contribution in [2.75, 3.05) is 6.61 Å². The molecule has 1 aromatic carbocycles. The lowest BCUT2D eigenvalue weighted by Crippen LogP contribution is -2.43. The first-order valence-corrected chi connectivity index (χ1v) is 9.24. The van der Waals surface area contributed by atoms with Crippen LogP contribution in [0.5, 0.6) is 5.75 Å². The van der Waals surface area contributed by atoms with Crippen molar-refractivity contribution < 1.29 is 14.3 Å². The summed E-state index contributed by atoms with van der Waals surface area (Å²) in [4.78, 5) is 26.0. The van der Waals surface area contributed by atoms with Crippen molar-refractivity contribution in [3.8, 4) is 5.75 Å². The van der Waals surface area contributed by atoms with Crippen molar-refractivity contribution in [1.29, 1.82) is 0 Å². The second-order valence-corrected chi connectivity index (χ2v) is 7.60. The first-order valence-electron chi connectivity index (χ1n) is 8.42. The largest absolute Gasteiger partial charge is 0.483 e. The molecule has 2 amide bonds. The zero-order chi connectivity index (χ0) is 17.8. The summed E-state index contributed by atoms with van der Waals surface area (Å²) in [6.07, 6.45) is 3.22. The van der Waals surface area contributed by atoms with Gasteiger partial charge >= 0.3 is 0 Å². The van der Waals surface area contributed by atoms with Crippen LogP contribution < -0.4 is 15.6 Å². The Morgan fingerprint density at radius 1 is 1.28 bits per heavy atom. The first kappa shape index (κ1) is 17.5. The smallest absolute Gasteiger partial charge is 0.279 e. The van der Waals surface area contributed by atoms with Gasteiger partial charge in [-0.2, -0.15) is 0 Å². The number of para-hydroxylation sites is 1. The summed E-state index contributed by atoms with van der Waals surface area (Å²) < 4.78 is 5.45. The first-order chi connectivity index (χ1) is 12.0. The van der Waals surface area contributed by atoms with Crippen molar-refractivity contribution >= 4 is 23.2 Å². The highest BCUT2D eigenvalue weighted by Gasteiger charge is 2.20. The number of aryl methyl sites for hydroxylation is 2. The standard InChI is InChI=1S/C19H22N2O3S/c1-12-7-8-16-14(9-12)10-17(25-16)19(23)21-20-18(22)11-24-15-6-4-3-5-13(15)2/h3-6,10,12H,7-9,11H2,1-2H3,(H,20,22)(H,21,23)/t12-/m0/s1. The molecule has 0 spiro atoms. The van der Waals surface area contributed by atoms with Gasteiger partial charge < -0.3 is 4.74 Å². The number of ether oxygens (including phenoxy) is 1. The van der Waals surface area contributed by atoms with Crippen molar-refractivity contribution in [3.63, 3.8) is 0 Å². The third kappa shape index (κ3) is 4.39.